The first-order valence-corrected chi connectivity index (χ1v) is 7.35. The average Bonchev–Trinajstić information content (AvgIpc) is 2.82. The summed E-state index contributed by atoms with van der Waals surface area (Å²) in [5.41, 5.74) is 9.81. The molecule has 0 aliphatic heterocycles. The van der Waals surface area contributed by atoms with Crippen molar-refractivity contribution >= 4 is 17.0 Å². The van der Waals surface area contributed by atoms with Crippen LogP contribution in [0.15, 0.2) is 35.7 Å². The molecule has 1 aromatic carbocycles. The van der Waals surface area contributed by atoms with Crippen molar-refractivity contribution in [1.29, 1.82) is 0 Å². The van der Waals surface area contributed by atoms with E-state index in [9.17, 15) is 0 Å². The molecule has 1 aliphatic carbocycles. The van der Waals surface area contributed by atoms with Crippen molar-refractivity contribution in [3.8, 4) is 0 Å². The molecule has 0 spiro atoms. The van der Waals surface area contributed by atoms with Crippen molar-refractivity contribution in [1.82, 2.24) is 5.32 Å². The van der Waals surface area contributed by atoms with Crippen LogP contribution in [0.3, 0.4) is 0 Å². The minimum absolute atomic E-state index is 0.483. The molecule has 3 heteroatoms. The van der Waals surface area contributed by atoms with Gasteiger partial charge in [-0.3, -0.25) is 0 Å². The molecule has 0 saturated heterocycles. The lowest BCUT2D eigenvalue weighted by Gasteiger charge is -2.26. The highest BCUT2D eigenvalue weighted by Crippen LogP contribution is 2.30. The third-order valence-electron chi connectivity index (χ3n) is 3.66. The van der Waals surface area contributed by atoms with E-state index >= 15 is 0 Å². The second-order valence-electron chi connectivity index (χ2n) is 4.82. The Kier molecular flexibility index (Phi) is 3.35. The highest BCUT2D eigenvalue weighted by Gasteiger charge is 2.19. The zero-order valence-electron chi connectivity index (χ0n) is 10.4. The van der Waals surface area contributed by atoms with Crippen LogP contribution in [-0.4, -0.2) is 0 Å². The lowest BCUT2D eigenvalue weighted by molar-refractivity contribution is 0.461. The minimum Gasteiger partial charge on any atom is -0.398 e. The Bertz CT molecular complexity index is 533. The Balaban J connectivity index is 1.73. The molecule has 94 valence electrons. The molecule has 1 aromatic heterocycles. The monoisotopic (exact) mass is 258 g/mol. The molecule has 0 amide bonds. The van der Waals surface area contributed by atoms with Crippen LogP contribution < -0.4 is 11.1 Å². The number of nitrogen functional groups attached to an aromatic ring is 1. The van der Waals surface area contributed by atoms with Gasteiger partial charge >= 0.3 is 0 Å². The Morgan fingerprint density at radius 2 is 2.17 bits per heavy atom. The van der Waals surface area contributed by atoms with Gasteiger partial charge in [-0.2, -0.15) is 0 Å². The van der Waals surface area contributed by atoms with E-state index in [4.69, 9.17) is 5.73 Å². The van der Waals surface area contributed by atoms with E-state index in [1.807, 2.05) is 6.07 Å². The van der Waals surface area contributed by atoms with Gasteiger partial charge in [0.2, 0.25) is 0 Å². The molecule has 0 bridgehead atoms. The first-order valence-electron chi connectivity index (χ1n) is 6.47. The first-order chi connectivity index (χ1) is 8.84. The molecule has 18 heavy (non-hydrogen) atoms. The molecule has 0 saturated carbocycles. The Labute approximate surface area is 112 Å². The third-order valence-corrected chi connectivity index (χ3v) is 4.60. The van der Waals surface area contributed by atoms with Gasteiger partial charge < -0.3 is 11.1 Å². The fraction of sp³-hybridized carbons (Fsp3) is 0.333. The normalized spacial score (nSPS) is 18.6. The van der Waals surface area contributed by atoms with Crippen LogP contribution in [-0.2, 0) is 13.0 Å². The van der Waals surface area contributed by atoms with Crippen LogP contribution in [0.1, 0.15) is 34.9 Å². The lowest BCUT2D eigenvalue weighted by atomic mass is 9.88. The maximum absolute atomic E-state index is 5.92. The zero-order valence-corrected chi connectivity index (χ0v) is 11.2. The van der Waals surface area contributed by atoms with Crippen LogP contribution in [0.4, 0.5) is 5.69 Å². The van der Waals surface area contributed by atoms with Gasteiger partial charge in [-0.1, -0.05) is 24.3 Å². The highest BCUT2D eigenvalue weighted by atomic mass is 32.1. The number of aryl methyl sites for hydroxylation is 1. The van der Waals surface area contributed by atoms with Gasteiger partial charge in [0.05, 0.1) is 0 Å². The number of hydrogen-bond acceptors (Lipinski definition) is 3. The van der Waals surface area contributed by atoms with Gasteiger partial charge in [0, 0.05) is 23.2 Å². The summed E-state index contributed by atoms with van der Waals surface area (Å²) in [5.74, 6) is 0. The van der Waals surface area contributed by atoms with Gasteiger partial charge in [0.1, 0.15) is 0 Å². The van der Waals surface area contributed by atoms with Gasteiger partial charge in [0.25, 0.3) is 0 Å². The molecule has 3 N–H and O–H groups in total. The van der Waals surface area contributed by atoms with Crippen molar-refractivity contribution in [2.75, 3.05) is 5.73 Å². The number of fused-ring (bicyclic) bond motifs is 1. The minimum atomic E-state index is 0.483. The summed E-state index contributed by atoms with van der Waals surface area (Å²) in [7, 11) is 0. The molecular formula is C15H18N2S. The lowest BCUT2D eigenvalue weighted by Crippen LogP contribution is -2.24. The summed E-state index contributed by atoms with van der Waals surface area (Å²) in [5, 5.41) is 5.71. The topological polar surface area (TPSA) is 38.0 Å². The van der Waals surface area contributed by atoms with Crippen LogP contribution >= 0.6 is 11.3 Å². The molecule has 0 radical (unpaired) electrons. The number of benzene rings is 1. The van der Waals surface area contributed by atoms with Crippen LogP contribution in [0, 0.1) is 0 Å². The quantitative estimate of drug-likeness (QED) is 0.884. The van der Waals surface area contributed by atoms with E-state index in [1.165, 1.54) is 35.3 Å². The summed E-state index contributed by atoms with van der Waals surface area (Å²) in [6.45, 7) is 0.877. The predicted molar refractivity (Wildman–Crippen MR) is 77.7 cm³/mol. The summed E-state index contributed by atoms with van der Waals surface area (Å²) in [6.07, 6.45) is 3.71. The van der Waals surface area contributed by atoms with Crippen LogP contribution in [0.5, 0.6) is 0 Å². The highest BCUT2D eigenvalue weighted by molar-refractivity contribution is 7.10. The Morgan fingerprint density at radius 3 is 3.00 bits per heavy atom. The predicted octanol–water partition coefficient (Wildman–Crippen LogP) is 3.50. The fourth-order valence-corrected chi connectivity index (χ4v) is 3.43. The van der Waals surface area contributed by atoms with E-state index in [1.54, 1.807) is 11.3 Å². The molecule has 2 aromatic rings. The standard InChI is InChI=1S/C15H18N2S/c16-13-8-9-18-15(13)10-17-14-7-3-5-11-4-1-2-6-12(11)14/h1-2,4,6,8-9,14,17H,3,5,7,10,16H2. The van der Waals surface area contributed by atoms with Crippen LogP contribution in [0.25, 0.3) is 0 Å². The molecule has 3 rings (SSSR count). The third kappa shape index (κ3) is 2.28. The Morgan fingerprint density at radius 1 is 1.28 bits per heavy atom. The van der Waals surface area contributed by atoms with Crippen molar-refractivity contribution in [3.63, 3.8) is 0 Å². The number of nitrogens with one attached hydrogen (secondary N) is 1. The maximum Gasteiger partial charge on any atom is 0.0468 e. The average molecular weight is 258 g/mol. The largest absolute Gasteiger partial charge is 0.398 e. The molecule has 2 nitrogen and oxygen atoms in total. The van der Waals surface area contributed by atoms with Gasteiger partial charge in [-0.25, -0.2) is 0 Å². The SMILES string of the molecule is Nc1ccsc1CNC1CCCc2ccccc21. The van der Waals surface area contributed by atoms with Crippen molar-refractivity contribution in [2.24, 2.45) is 0 Å². The summed E-state index contributed by atoms with van der Waals surface area (Å²) in [6, 6.07) is 11.2. The van der Waals surface area contributed by atoms with E-state index < -0.39 is 0 Å². The number of nitrogens with two attached hydrogens (primary N) is 1. The number of hydrogen-bond donors (Lipinski definition) is 2. The second-order valence-corrected chi connectivity index (χ2v) is 5.82. The van der Waals surface area contributed by atoms with Gasteiger partial charge in [-0.15, -0.1) is 11.3 Å². The van der Waals surface area contributed by atoms with E-state index in [0.29, 0.717) is 6.04 Å². The summed E-state index contributed by atoms with van der Waals surface area (Å²) >= 11 is 1.73. The summed E-state index contributed by atoms with van der Waals surface area (Å²) < 4.78 is 0. The molecule has 1 aliphatic rings. The summed E-state index contributed by atoms with van der Waals surface area (Å²) in [4.78, 5) is 1.25. The molecule has 1 heterocycles. The van der Waals surface area contributed by atoms with E-state index in [0.717, 1.165) is 12.2 Å². The number of thiophene rings is 1. The van der Waals surface area contributed by atoms with Crippen LogP contribution in [0.2, 0.25) is 0 Å². The number of anilines is 1. The second kappa shape index (κ2) is 5.12. The van der Waals surface area contributed by atoms with Crippen molar-refractivity contribution < 1.29 is 0 Å². The first kappa shape index (κ1) is 11.8. The van der Waals surface area contributed by atoms with Gasteiger partial charge in [-0.05, 0) is 41.8 Å². The number of rotatable bonds is 3. The Hall–Kier alpha value is -1.32. The maximum atomic E-state index is 5.92. The molecule has 1 atom stereocenters. The smallest absolute Gasteiger partial charge is 0.0468 e. The fourth-order valence-electron chi connectivity index (χ4n) is 2.68. The van der Waals surface area contributed by atoms with Crippen molar-refractivity contribution in [3.05, 3.63) is 51.7 Å². The van der Waals surface area contributed by atoms with Gasteiger partial charge in [0.15, 0.2) is 0 Å². The van der Waals surface area contributed by atoms with Crippen molar-refractivity contribution in [2.45, 2.75) is 31.8 Å². The molecule has 1 unspecified atom stereocenters. The van der Waals surface area contributed by atoms with E-state index in [-0.39, 0.29) is 0 Å². The zero-order chi connectivity index (χ0) is 12.4. The molecule has 0 fully saturated rings. The van der Waals surface area contributed by atoms with E-state index in [2.05, 4.69) is 35.0 Å². The molecular weight excluding hydrogens is 240 g/mol.